The van der Waals surface area contributed by atoms with Crippen LogP contribution in [0.2, 0.25) is 0 Å². The minimum absolute atomic E-state index is 0. The Labute approximate surface area is 240 Å². The maximum atomic E-state index is 13.6. The Morgan fingerprint density at radius 1 is 0.811 bits per heavy atom. The number of benzene rings is 3. The fraction of sp³-hybridized carbons (Fsp3) is 0.290. The number of carbonyl (C=O) groups excluding carboxylic acids is 1. The van der Waals surface area contributed by atoms with Crippen LogP contribution in [0.1, 0.15) is 62.2 Å². The molecule has 0 aliphatic heterocycles. The van der Waals surface area contributed by atoms with E-state index < -0.39 is 11.8 Å². The summed E-state index contributed by atoms with van der Waals surface area (Å²) in [6.07, 6.45) is 8.82. The Morgan fingerprint density at radius 2 is 1.41 bits per heavy atom. The molecule has 1 heterocycles. The molecule has 0 amide bonds. The number of rotatable bonds is 12. The maximum Gasteiger partial charge on any atom is 1.00 e. The van der Waals surface area contributed by atoms with E-state index in [4.69, 9.17) is 4.74 Å². The molecule has 0 spiro atoms. The molecule has 3 aromatic carbocycles. The van der Waals surface area contributed by atoms with Gasteiger partial charge in [0, 0.05) is 16.5 Å². The smallest absolute Gasteiger partial charge is 0.545 e. The Morgan fingerprint density at radius 3 is 2.05 bits per heavy atom. The summed E-state index contributed by atoms with van der Waals surface area (Å²) in [5, 5.41) is 11.9. The summed E-state index contributed by atoms with van der Waals surface area (Å²) in [6, 6.07) is 21.1. The molecule has 0 aliphatic carbocycles. The number of halogens is 1. The van der Waals surface area contributed by atoms with Crippen molar-refractivity contribution in [3.05, 3.63) is 84.2 Å². The molecule has 186 valence electrons. The van der Waals surface area contributed by atoms with Gasteiger partial charge in [-0.2, -0.15) is 0 Å². The third-order valence-corrected chi connectivity index (χ3v) is 6.38. The molecular formula is C31H31FNNaO3. The second kappa shape index (κ2) is 14.3. The number of aromatic carboxylic acids is 1. The number of carboxylic acid groups (broad SMARTS) is 1. The van der Waals surface area contributed by atoms with Crippen molar-refractivity contribution in [1.82, 2.24) is 4.98 Å². The summed E-state index contributed by atoms with van der Waals surface area (Å²) in [4.78, 5) is 16.2. The van der Waals surface area contributed by atoms with Crippen LogP contribution in [0, 0.1) is 5.82 Å². The van der Waals surface area contributed by atoms with Crippen molar-refractivity contribution in [2.24, 2.45) is 0 Å². The minimum Gasteiger partial charge on any atom is -0.545 e. The monoisotopic (exact) mass is 507 g/mol. The molecule has 0 atom stereocenters. The SMILES string of the molecule is CCCCCCCCCOc1ccc(-c2ccc(-c3cc(C(=O)[O-])c4cc(F)ccc4n3)cc2)cc1.[Na+]. The first-order valence-corrected chi connectivity index (χ1v) is 12.7. The van der Waals surface area contributed by atoms with Crippen molar-refractivity contribution in [3.63, 3.8) is 0 Å². The van der Waals surface area contributed by atoms with Crippen molar-refractivity contribution in [2.45, 2.75) is 51.9 Å². The van der Waals surface area contributed by atoms with Gasteiger partial charge >= 0.3 is 29.6 Å². The van der Waals surface area contributed by atoms with E-state index in [1.807, 2.05) is 48.5 Å². The number of hydrogen-bond acceptors (Lipinski definition) is 4. The zero-order valence-electron chi connectivity index (χ0n) is 21.6. The fourth-order valence-corrected chi connectivity index (χ4v) is 4.34. The van der Waals surface area contributed by atoms with Crippen molar-refractivity contribution < 1.29 is 48.6 Å². The van der Waals surface area contributed by atoms with Crippen molar-refractivity contribution in [3.8, 4) is 28.1 Å². The molecule has 0 saturated carbocycles. The third-order valence-electron chi connectivity index (χ3n) is 6.38. The first-order valence-electron chi connectivity index (χ1n) is 12.7. The van der Waals surface area contributed by atoms with Gasteiger partial charge in [-0.05, 0) is 53.9 Å². The summed E-state index contributed by atoms with van der Waals surface area (Å²) in [5.41, 5.74) is 3.67. The van der Waals surface area contributed by atoms with Crippen LogP contribution in [-0.4, -0.2) is 17.6 Å². The molecule has 37 heavy (non-hydrogen) atoms. The number of fused-ring (bicyclic) bond motifs is 1. The standard InChI is InChI=1S/C31H32FNO3.Na/c1-2-3-4-5-6-7-8-19-36-26-16-13-23(14-17-26)22-9-11-24(12-10-22)30-21-28(31(34)35)27-20-25(32)15-18-29(27)33-30;/h9-18,20-21H,2-8,19H2,1H3,(H,34,35);/q;+1/p-1. The number of hydrogen-bond donors (Lipinski definition) is 0. The average molecular weight is 508 g/mol. The Bertz CT molecular complexity index is 1310. The van der Waals surface area contributed by atoms with Gasteiger partial charge < -0.3 is 14.6 Å². The van der Waals surface area contributed by atoms with E-state index in [0.29, 0.717) is 11.2 Å². The number of carboxylic acids is 1. The van der Waals surface area contributed by atoms with Crippen molar-refractivity contribution in [1.29, 1.82) is 0 Å². The van der Waals surface area contributed by atoms with E-state index in [1.54, 1.807) is 0 Å². The van der Waals surface area contributed by atoms with Crippen LogP contribution in [0.3, 0.4) is 0 Å². The summed E-state index contributed by atoms with van der Waals surface area (Å²) in [6.45, 7) is 2.97. The van der Waals surface area contributed by atoms with Crippen LogP contribution in [0.4, 0.5) is 4.39 Å². The van der Waals surface area contributed by atoms with Gasteiger partial charge in [-0.3, -0.25) is 0 Å². The number of carbonyl (C=O) groups is 1. The van der Waals surface area contributed by atoms with E-state index in [9.17, 15) is 14.3 Å². The molecule has 4 aromatic rings. The molecule has 0 saturated heterocycles. The topological polar surface area (TPSA) is 62.2 Å². The van der Waals surface area contributed by atoms with Gasteiger partial charge in [0.2, 0.25) is 0 Å². The first kappa shape index (κ1) is 28.8. The van der Waals surface area contributed by atoms with Gasteiger partial charge in [0.1, 0.15) is 11.6 Å². The molecule has 0 unspecified atom stereocenters. The molecule has 6 heteroatoms. The molecule has 4 rings (SSSR count). The summed E-state index contributed by atoms with van der Waals surface area (Å²) < 4.78 is 19.5. The molecule has 0 bridgehead atoms. The van der Waals surface area contributed by atoms with Gasteiger partial charge in [-0.1, -0.05) is 81.8 Å². The van der Waals surface area contributed by atoms with E-state index in [0.717, 1.165) is 35.5 Å². The normalized spacial score (nSPS) is 10.8. The molecule has 0 fully saturated rings. The number of aromatic nitrogens is 1. The van der Waals surface area contributed by atoms with Gasteiger partial charge in [0.15, 0.2) is 0 Å². The quantitative estimate of drug-likeness (QED) is 0.213. The van der Waals surface area contributed by atoms with Gasteiger partial charge in [-0.25, -0.2) is 9.37 Å². The number of pyridine rings is 1. The Hall–Kier alpha value is -2.73. The molecule has 4 nitrogen and oxygen atoms in total. The largest absolute Gasteiger partial charge is 1.00 e. The van der Waals surface area contributed by atoms with Crippen molar-refractivity contribution >= 4 is 16.9 Å². The van der Waals surface area contributed by atoms with Crippen LogP contribution < -0.4 is 39.4 Å². The summed E-state index contributed by atoms with van der Waals surface area (Å²) in [7, 11) is 0. The maximum absolute atomic E-state index is 13.6. The third kappa shape index (κ3) is 7.88. The summed E-state index contributed by atoms with van der Waals surface area (Å²) in [5.74, 6) is -1.01. The second-order valence-electron chi connectivity index (χ2n) is 9.08. The van der Waals surface area contributed by atoms with E-state index in [2.05, 4.69) is 11.9 Å². The van der Waals surface area contributed by atoms with Crippen LogP contribution >= 0.6 is 0 Å². The zero-order valence-corrected chi connectivity index (χ0v) is 23.6. The van der Waals surface area contributed by atoms with Gasteiger partial charge in [0.05, 0.1) is 23.8 Å². The molecule has 0 N–H and O–H groups in total. The van der Waals surface area contributed by atoms with Gasteiger partial charge in [0.25, 0.3) is 0 Å². The average Bonchev–Trinajstić information content (AvgIpc) is 2.90. The van der Waals surface area contributed by atoms with Crippen molar-refractivity contribution in [2.75, 3.05) is 6.61 Å². The van der Waals surface area contributed by atoms with E-state index in [-0.39, 0.29) is 40.5 Å². The first-order chi connectivity index (χ1) is 17.5. The van der Waals surface area contributed by atoms with E-state index >= 15 is 0 Å². The number of ether oxygens (including phenoxy) is 1. The number of nitrogens with zero attached hydrogens (tertiary/aromatic N) is 1. The van der Waals surface area contributed by atoms with Crippen LogP contribution in [0.25, 0.3) is 33.3 Å². The Balaban J connectivity index is 0.00000380. The molecule has 1 aromatic heterocycles. The fourth-order valence-electron chi connectivity index (χ4n) is 4.34. The van der Waals surface area contributed by atoms with E-state index in [1.165, 1.54) is 62.8 Å². The van der Waals surface area contributed by atoms with Gasteiger partial charge in [-0.15, -0.1) is 0 Å². The Kier molecular flexibility index (Phi) is 11.1. The molecule has 0 radical (unpaired) electrons. The van der Waals surface area contributed by atoms with Crippen LogP contribution in [0.15, 0.2) is 72.8 Å². The predicted molar refractivity (Wildman–Crippen MR) is 140 cm³/mol. The van der Waals surface area contributed by atoms with Crippen LogP contribution in [0.5, 0.6) is 5.75 Å². The second-order valence-corrected chi connectivity index (χ2v) is 9.08. The molecule has 0 aliphatic rings. The predicted octanol–water partition coefficient (Wildman–Crippen LogP) is 4.20. The number of unbranched alkanes of at least 4 members (excludes halogenated alkanes) is 6. The molecular weight excluding hydrogens is 476 g/mol. The minimum atomic E-state index is -1.36. The summed E-state index contributed by atoms with van der Waals surface area (Å²) >= 11 is 0. The van der Waals surface area contributed by atoms with Crippen LogP contribution in [-0.2, 0) is 0 Å². The zero-order chi connectivity index (χ0) is 25.3.